The number of carbonyl (C=O) groups is 2. The molecule has 0 saturated carbocycles. The lowest BCUT2D eigenvalue weighted by Gasteiger charge is -2.35. The molecule has 1 saturated heterocycles. The molecule has 1 fully saturated rings. The number of carbonyl (C=O) groups excluding carboxylic acids is 2. The van der Waals surface area contributed by atoms with Gasteiger partial charge in [-0.1, -0.05) is 42.7 Å². The standard InChI is InChI=1S/C25H36O4/c1-17(10-12-21-18(2)8-6-14-25(21,3)4)7-5-9-19-11-13-22(29-24(19)27)20-15-23(26)28-16-20/h7,11,20,22H,5-6,8-10,12-16H2,1-4H3/b17-7+/t20-,22+/m0/s1. The van der Waals surface area contributed by atoms with Crippen molar-refractivity contribution in [3.8, 4) is 0 Å². The van der Waals surface area contributed by atoms with E-state index >= 15 is 0 Å². The number of hydrogen-bond acceptors (Lipinski definition) is 4. The van der Waals surface area contributed by atoms with Gasteiger partial charge < -0.3 is 9.47 Å². The van der Waals surface area contributed by atoms with Crippen molar-refractivity contribution in [2.45, 2.75) is 91.6 Å². The Morgan fingerprint density at radius 3 is 2.72 bits per heavy atom. The first kappa shape index (κ1) is 21.9. The molecule has 2 atom stereocenters. The van der Waals surface area contributed by atoms with Gasteiger partial charge in [0, 0.05) is 17.9 Å². The maximum atomic E-state index is 12.3. The van der Waals surface area contributed by atoms with Crippen LogP contribution in [0.5, 0.6) is 0 Å². The van der Waals surface area contributed by atoms with Crippen molar-refractivity contribution in [3.05, 3.63) is 34.4 Å². The molecule has 0 unspecified atom stereocenters. The fourth-order valence-electron chi connectivity index (χ4n) is 4.99. The van der Waals surface area contributed by atoms with Gasteiger partial charge >= 0.3 is 11.9 Å². The average Bonchev–Trinajstić information content (AvgIpc) is 3.08. The minimum atomic E-state index is -0.226. The lowest BCUT2D eigenvalue weighted by Crippen LogP contribution is -2.31. The van der Waals surface area contributed by atoms with E-state index in [-0.39, 0.29) is 24.0 Å². The topological polar surface area (TPSA) is 52.6 Å². The molecule has 2 heterocycles. The number of rotatable bonds is 7. The van der Waals surface area contributed by atoms with Gasteiger partial charge in [-0.05, 0) is 64.2 Å². The second-order valence-electron chi connectivity index (χ2n) is 9.64. The molecule has 29 heavy (non-hydrogen) atoms. The first-order valence-corrected chi connectivity index (χ1v) is 11.2. The second kappa shape index (κ2) is 9.32. The van der Waals surface area contributed by atoms with Gasteiger partial charge in [0.25, 0.3) is 0 Å². The fourth-order valence-corrected chi connectivity index (χ4v) is 4.99. The highest BCUT2D eigenvalue weighted by molar-refractivity contribution is 5.89. The van der Waals surface area contributed by atoms with Crippen LogP contribution in [0.2, 0.25) is 0 Å². The Balaban J connectivity index is 1.46. The summed E-state index contributed by atoms with van der Waals surface area (Å²) < 4.78 is 10.6. The van der Waals surface area contributed by atoms with Crippen molar-refractivity contribution in [2.24, 2.45) is 11.3 Å². The minimum Gasteiger partial charge on any atom is -0.465 e. The number of esters is 2. The van der Waals surface area contributed by atoms with Gasteiger partial charge in [0.05, 0.1) is 13.0 Å². The summed E-state index contributed by atoms with van der Waals surface area (Å²) in [5, 5.41) is 0. The van der Waals surface area contributed by atoms with Crippen LogP contribution in [0.25, 0.3) is 0 Å². The smallest absolute Gasteiger partial charge is 0.333 e. The molecule has 0 amide bonds. The highest BCUT2D eigenvalue weighted by Gasteiger charge is 2.35. The van der Waals surface area contributed by atoms with Crippen molar-refractivity contribution < 1.29 is 19.1 Å². The largest absolute Gasteiger partial charge is 0.465 e. The summed E-state index contributed by atoms with van der Waals surface area (Å²) in [6.07, 6.45) is 12.8. The van der Waals surface area contributed by atoms with Gasteiger partial charge in [-0.25, -0.2) is 4.79 Å². The third-order valence-electron chi connectivity index (χ3n) is 6.89. The molecule has 3 rings (SSSR count). The highest BCUT2D eigenvalue weighted by atomic mass is 16.6. The van der Waals surface area contributed by atoms with Crippen molar-refractivity contribution in [1.82, 2.24) is 0 Å². The molecule has 0 aromatic carbocycles. The third kappa shape index (κ3) is 5.61. The van der Waals surface area contributed by atoms with Crippen LogP contribution >= 0.6 is 0 Å². The summed E-state index contributed by atoms with van der Waals surface area (Å²) in [6.45, 7) is 9.64. The number of cyclic esters (lactones) is 2. The molecule has 2 aliphatic heterocycles. The SMILES string of the molecule is CC1=C(CC/C(C)=C/CCC2=CC[C@H]([C@@H]3COC(=O)C3)OC2=O)C(C)(C)CCC1. The predicted octanol–water partition coefficient (Wildman–Crippen LogP) is 5.82. The summed E-state index contributed by atoms with van der Waals surface area (Å²) in [5.74, 6) is -0.409. The van der Waals surface area contributed by atoms with Crippen LogP contribution in [-0.4, -0.2) is 24.6 Å². The van der Waals surface area contributed by atoms with Crippen LogP contribution < -0.4 is 0 Å². The van der Waals surface area contributed by atoms with Crippen LogP contribution in [0.15, 0.2) is 34.4 Å². The van der Waals surface area contributed by atoms with Gasteiger partial charge in [-0.2, -0.15) is 0 Å². The van der Waals surface area contributed by atoms with Crippen LogP contribution in [0.4, 0.5) is 0 Å². The van der Waals surface area contributed by atoms with Gasteiger partial charge in [0.15, 0.2) is 0 Å². The highest BCUT2D eigenvalue weighted by Crippen LogP contribution is 2.42. The van der Waals surface area contributed by atoms with Crippen molar-refractivity contribution >= 4 is 11.9 Å². The lowest BCUT2D eigenvalue weighted by atomic mass is 9.71. The van der Waals surface area contributed by atoms with Crippen LogP contribution in [0.1, 0.15) is 85.5 Å². The fraction of sp³-hybridized carbons (Fsp3) is 0.680. The normalized spacial score (nSPS) is 27.6. The van der Waals surface area contributed by atoms with Gasteiger partial charge in [0.1, 0.15) is 6.10 Å². The minimum absolute atomic E-state index is 0.00758. The van der Waals surface area contributed by atoms with Gasteiger partial charge in [-0.3, -0.25) is 4.79 Å². The Morgan fingerprint density at radius 1 is 1.28 bits per heavy atom. The Hall–Kier alpha value is -1.84. The maximum absolute atomic E-state index is 12.3. The van der Waals surface area contributed by atoms with E-state index in [4.69, 9.17) is 9.47 Å². The molecule has 0 spiro atoms. The molecule has 160 valence electrons. The van der Waals surface area contributed by atoms with E-state index in [9.17, 15) is 9.59 Å². The van der Waals surface area contributed by atoms with E-state index in [1.54, 1.807) is 11.1 Å². The number of allylic oxidation sites excluding steroid dienone is 4. The third-order valence-corrected chi connectivity index (χ3v) is 6.89. The molecule has 0 bridgehead atoms. The Bertz CT molecular complexity index is 738. The Kier molecular flexibility index (Phi) is 7.02. The Morgan fingerprint density at radius 2 is 2.07 bits per heavy atom. The zero-order valence-electron chi connectivity index (χ0n) is 18.5. The molecule has 3 aliphatic rings. The van der Waals surface area contributed by atoms with E-state index in [1.165, 1.54) is 24.8 Å². The molecule has 4 heteroatoms. The van der Waals surface area contributed by atoms with E-state index in [0.29, 0.717) is 24.9 Å². The van der Waals surface area contributed by atoms with Crippen molar-refractivity contribution in [3.63, 3.8) is 0 Å². The summed E-state index contributed by atoms with van der Waals surface area (Å²) in [5.41, 5.74) is 5.74. The molecular weight excluding hydrogens is 364 g/mol. The average molecular weight is 401 g/mol. The van der Waals surface area contributed by atoms with Crippen molar-refractivity contribution in [2.75, 3.05) is 6.61 Å². The van der Waals surface area contributed by atoms with Crippen LogP contribution in [0, 0.1) is 11.3 Å². The monoisotopic (exact) mass is 400 g/mol. The molecule has 0 aromatic rings. The van der Waals surface area contributed by atoms with E-state index in [2.05, 4.69) is 33.8 Å². The summed E-state index contributed by atoms with van der Waals surface area (Å²) in [4.78, 5) is 23.6. The summed E-state index contributed by atoms with van der Waals surface area (Å²) in [6, 6.07) is 0. The molecule has 1 aliphatic carbocycles. The maximum Gasteiger partial charge on any atom is 0.333 e. The quantitative estimate of drug-likeness (QED) is 0.399. The molecule has 0 aromatic heterocycles. The van der Waals surface area contributed by atoms with Crippen molar-refractivity contribution in [1.29, 1.82) is 0 Å². The van der Waals surface area contributed by atoms with E-state index in [1.807, 2.05) is 6.08 Å². The zero-order chi connectivity index (χ0) is 21.0. The Labute approximate surface area is 175 Å². The molecule has 4 nitrogen and oxygen atoms in total. The number of ether oxygens (including phenoxy) is 2. The van der Waals surface area contributed by atoms with Crippen LogP contribution in [0.3, 0.4) is 0 Å². The molecular formula is C25H36O4. The van der Waals surface area contributed by atoms with E-state index in [0.717, 1.165) is 31.3 Å². The molecule has 0 N–H and O–H groups in total. The lowest BCUT2D eigenvalue weighted by molar-refractivity contribution is -0.148. The molecule has 0 radical (unpaired) electrons. The second-order valence-corrected chi connectivity index (χ2v) is 9.64. The first-order valence-electron chi connectivity index (χ1n) is 11.2. The summed E-state index contributed by atoms with van der Waals surface area (Å²) >= 11 is 0. The first-order chi connectivity index (χ1) is 13.8. The van der Waals surface area contributed by atoms with Gasteiger partial charge in [-0.15, -0.1) is 0 Å². The summed E-state index contributed by atoms with van der Waals surface area (Å²) in [7, 11) is 0. The van der Waals surface area contributed by atoms with Crippen LogP contribution in [-0.2, 0) is 19.1 Å². The van der Waals surface area contributed by atoms with E-state index < -0.39 is 0 Å². The number of hydrogen-bond donors (Lipinski definition) is 0. The zero-order valence-corrected chi connectivity index (χ0v) is 18.5. The van der Waals surface area contributed by atoms with Gasteiger partial charge in [0.2, 0.25) is 0 Å². The predicted molar refractivity (Wildman–Crippen MR) is 114 cm³/mol.